The number of aliphatic hydroxyl groups is 1. The molecule has 1 unspecified atom stereocenters. The number of carbonyl (C=O) groups excluding carboxylic acids is 1. The molecule has 0 rings (SSSR count). The predicted octanol–water partition coefficient (Wildman–Crippen LogP) is 0.766. The van der Waals surface area contributed by atoms with E-state index in [1.165, 1.54) is 7.11 Å². The Labute approximate surface area is 97.6 Å². The second kappa shape index (κ2) is 23.1. The van der Waals surface area contributed by atoms with Gasteiger partial charge in [-0.3, -0.25) is 11.8 Å². The van der Waals surface area contributed by atoms with Gasteiger partial charge >= 0.3 is 22.7 Å². The van der Waals surface area contributed by atoms with Gasteiger partial charge in [-0.25, -0.2) is 0 Å². The van der Waals surface area contributed by atoms with Gasteiger partial charge in [0.2, 0.25) is 0 Å². The van der Waals surface area contributed by atoms with E-state index in [0.717, 1.165) is 7.11 Å². The summed E-state index contributed by atoms with van der Waals surface area (Å²) in [7, 11) is 5.74. The molecule has 0 saturated heterocycles. The van der Waals surface area contributed by atoms with Crippen molar-refractivity contribution in [2.75, 3.05) is 14.2 Å². The zero-order valence-electron chi connectivity index (χ0n) is 9.30. The van der Waals surface area contributed by atoms with E-state index >= 15 is 0 Å². The summed E-state index contributed by atoms with van der Waals surface area (Å²) in [5.74, 6) is -0.257. The van der Waals surface area contributed by atoms with Gasteiger partial charge in [-0.15, -0.1) is 0 Å². The van der Waals surface area contributed by atoms with Crippen molar-refractivity contribution in [3.05, 3.63) is 14.0 Å². The summed E-state index contributed by atoms with van der Waals surface area (Å²) in [6.45, 7) is 6.89. The van der Waals surface area contributed by atoms with E-state index in [9.17, 15) is 4.79 Å². The predicted molar refractivity (Wildman–Crippen MR) is 53.8 cm³/mol. The zero-order chi connectivity index (χ0) is 11.3. The van der Waals surface area contributed by atoms with Crippen molar-refractivity contribution >= 4 is 5.97 Å². The minimum absolute atomic E-state index is 0. The van der Waals surface area contributed by atoms with E-state index in [0.29, 0.717) is 6.42 Å². The van der Waals surface area contributed by atoms with Gasteiger partial charge in [0.15, 0.2) is 0 Å². The van der Waals surface area contributed by atoms with Crippen molar-refractivity contribution in [1.82, 2.24) is 5.32 Å². The molecular weight excluding hydrogens is 229 g/mol. The van der Waals surface area contributed by atoms with Gasteiger partial charge < -0.3 is 22.1 Å². The molecule has 0 aliphatic heterocycles. The fourth-order valence-electron chi connectivity index (χ4n) is 0.537. The normalized spacial score (nSPS) is 9.07. The number of ether oxygens (including phenoxy) is 1. The molecule has 0 aliphatic carbocycles. The second-order valence-corrected chi connectivity index (χ2v) is 1.69. The molecule has 4 nitrogen and oxygen atoms in total. The third-order valence-electron chi connectivity index (χ3n) is 1.14. The van der Waals surface area contributed by atoms with Crippen molar-refractivity contribution in [1.29, 1.82) is 0 Å². The Morgan fingerprint density at radius 2 is 1.86 bits per heavy atom. The van der Waals surface area contributed by atoms with E-state index in [1.807, 2.05) is 6.92 Å². The van der Waals surface area contributed by atoms with E-state index in [2.05, 4.69) is 24.0 Å². The molecule has 0 fully saturated rings. The molecule has 0 saturated carbocycles. The molecule has 0 aromatic rings. The number of hydrogen-bond donors (Lipinski definition) is 2. The van der Waals surface area contributed by atoms with Crippen LogP contribution in [0.15, 0.2) is 0 Å². The fourth-order valence-corrected chi connectivity index (χ4v) is 0.537. The molecule has 0 heterocycles. The summed E-state index contributed by atoms with van der Waals surface area (Å²) in [5.41, 5.74) is 0. The van der Waals surface area contributed by atoms with Crippen LogP contribution in [0.1, 0.15) is 20.3 Å². The topological polar surface area (TPSA) is 58.6 Å². The number of rotatable bonds is 3. The van der Waals surface area contributed by atoms with Crippen LogP contribution in [0.4, 0.5) is 0 Å². The molecule has 0 aliphatic rings. The first-order valence-electron chi connectivity index (χ1n) is 4.02. The van der Waals surface area contributed by atoms with Crippen LogP contribution >= 0.6 is 0 Å². The molecule has 5 heteroatoms. The van der Waals surface area contributed by atoms with E-state index < -0.39 is 0 Å². The number of methoxy groups -OCH3 is 1. The molecule has 14 heavy (non-hydrogen) atoms. The Kier molecular flexibility index (Phi) is 38.9. The minimum atomic E-state index is -0.257. The van der Waals surface area contributed by atoms with Gasteiger partial charge in [0, 0.05) is 7.11 Å². The average molecular weight is 250 g/mol. The van der Waals surface area contributed by atoms with Crippen LogP contribution in [-0.2, 0) is 26.3 Å². The van der Waals surface area contributed by atoms with Crippen molar-refractivity contribution in [3.63, 3.8) is 0 Å². The van der Waals surface area contributed by atoms with E-state index in [1.54, 1.807) is 6.92 Å². The average Bonchev–Trinajstić information content (AvgIpc) is 2.25. The third kappa shape index (κ3) is 14.4. The zero-order valence-corrected chi connectivity index (χ0v) is 10.3. The van der Waals surface area contributed by atoms with Crippen LogP contribution in [0.5, 0.6) is 0 Å². The first-order valence-corrected chi connectivity index (χ1v) is 4.02. The van der Waals surface area contributed by atoms with Gasteiger partial charge in [0.25, 0.3) is 0 Å². The van der Waals surface area contributed by atoms with Gasteiger partial charge in [-0.1, -0.05) is 6.92 Å². The van der Waals surface area contributed by atoms with E-state index in [-0.39, 0.29) is 28.8 Å². The largest absolute Gasteiger partial charge is 2.00 e. The Hall–Kier alpha value is -0.104. The van der Waals surface area contributed by atoms with Crippen LogP contribution in [0.25, 0.3) is 0 Å². The molecular formula is C9H21CoNO3. The number of carbonyl (C=O) groups is 1. The van der Waals surface area contributed by atoms with Crippen molar-refractivity contribution in [3.8, 4) is 0 Å². The molecule has 0 aromatic heterocycles. The fraction of sp³-hybridized carbons (Fsp3) is 0.667. The molecule has 0 bridgehead atoms. The van der Waals surface area contributed by atoms with Crippen LogP contribution in [0, 0.1) is 14.0 Å². The maximum Gasteiger partial charge on any atom is 2.00 e. The summed E-state index contributed by atoms with van der Waals surface area (Å²) in [6, 6.07) is -0.255. The van der Waals surface area contributed by atoms with Gasteiger partial charge in [0.05, 0.1) is 13.2 Å². The molecule has 2 N–H and O–H groups in total. The molecule has 0 aromatic carbocycles. The maximum absolute atomic E-state index is 10.6. The maximum atomic E-state index is 10.6. The smallest absolute Gasteiger partial charge is 0.468 e. The van der Waals surface area contributed by atoms with Crippen molar-refractivity contribution in [2.45, 2.75) is 26.3 Å². The van der Waals surface area contributed by atoms with Crippen LogP contribution < -0.4 is 5.32 Å². The second-order valence-electron chi connectivity index (χ2n) is 1.69. The summed E-state index contributed by atoms with van der Waals surface area (Å²) in [4.78, 5) is 10.6. The quantitative estimate of drug-likeness (QED) is 0.573. The standard InChI is InChI=1S/C6H12NO2.C2H5.CH4O.Co/c1-4-5(7-2)6(8)9-3;2*1-2;/h5,7H,2,4H2,1,3H3;1H2,2H3;2H,1H3;/q2*-1;;+2. The minimum Gasteiger partial charge on any atom is -0.468 e. The molecule has 1 atom stereocenters. The number of esters is 1. The summed E-state index contributed by atoms with van der Waals surface area (Å²) in [5, 5.41) is 9.58. The first-order chi connectivity index (χ1) is 6.26. The van der Waals surface area contributed by atoms with Crippen molar-refractivity contribution in [2.24, 2.45) is 0 Å². The Morgan fingerprint density at radius 3 is 1.93 bits per heavy atom. The summed E-state index contributed by atoms with van der Waals surface area (Å²) in [6.07, 6.45) is 0.705. The van der Waals surface area contributed by atoms with Gasteiger partial charge in [-0.2, -0.15) is 6.92 Å². The first kappa shape index (κ1) is 23.6. The van der Waals surface area contributed by atoms with Crippen LogP contribution in [0.3, 0.4) is 0 Å². The Morgan fingerprint density at radius 1 is 1.50 bits per heavy atom. The summed E-state index contributed by atoms with van der Waals surface area (Å²) >= 11 is 0. The van der Waals surface area contributed by atoms with Gasteiger partial charge in [-0.05, 0) is 6.42 Å². The van der Waals surface area contributed by atoms with Gasteiger partial charge in [0.1, 0.15) is 0 Å². The third-order valence-corrected chi connectivity index (χ3v) is 1.14. The Bertz CT molecular complexity index is 98.1. The number of hydrogen-bond acceptors (Lipinski definition) is 4. The van der Waals surface area contributed by atoms with Crippen molar-refractivity contribution < 1.29 is 31.4 Å². The molecule has 1 radical (unpaired) electrons. The number of nitrogens with one attached hydrogen (secondary N) is 1. The molecule has 0 amide bonds. The monoisotopic (exact) mass is 250 g/mol. The van der Waals surface area contributed by atoms with Crippen LogP contribution in [0.2, 0.25) is 0 Å². The molecule has 89 valence electrons. The summed E-state index contributed by atoms with van der Waals surface area (Å²) < 4.78 is 4.45. The SMILES string of the molecule is CO.[CH2-]C.[CH2-]NC(CC)C(=O)OC.[Co+2]. The number of aliphatic hydroxyl groups excluding tert-OH is 1. The van der Waals surface area contributed by atoms with Crippen LogP contribution in [-0.4, -0.2) is 31.3 Å². The van der Waals surface area contributed by atoms with E-state index in [4.69, 9.17) is 5.11 Å². The molecule has 0 spiro atoms. The Balaban J connectivity index is -0.0000000883.